The van der Waals surface area contributed by atoms with Crippen molar-refractivity contribution >= 4 is 5.91 Å². The van der Waals surface area contributed by atoms with Gasteiger partial charge >= 0.3 is 0 Å². The summed E-state index contributed by atoms with van der Waals surface area (Å²) in [5.41, 5.74) is 1.89. The van der Waals surface area contributed by atoms with E-state index < -0.39 is 0 Å². The van der Waals surface area contributed by atoms with Crippen LogP contribution in [0.25, 0.3) is 0 Å². The smallest absolute Gasteiger partial charge is 0.254 e. The quantitative estimate of drug-likeness (QED) is 0.928. The maximum absolute atomic E-state index is 12.2. The van der Waals surface area contributed by atoms with Crippen molar-refractivity contribution in [3.05, 3.63) is 65.2 Å². The third-order valence-electron chi connectivity index (χ3n) is 2.92. The molecule has 100 valence electrons. The van der Waals surface area contributed by atoms with E-state index in [0.29, 0.717) is 17.7 Å². The van der Waals surface area contributed by atoms with Crippen molar-refractivity contribution in [2.24, 2.45) is 0 Å². The number of phenolic OH excluding ortho intramolecular Hbond substituents is 1. The monoisotopic (exact) mass is 266 g/mol. The topological polar surface area (TPSA) is 64.3 Å². The Morgan fingerprint density at radius 3 is 2.70 bits per heavy atom. The average molecular weight is 266 g/mol. The Kier molecular flexibility index (Phi) is 4.02. The number of nitriles is 1. The highest BCUT2D eigenvalue weighted by molar-refractivity contribution is 5.94. The molecule has 0 saturated carbocycles. The Hall–Kier alpha value is -2.80. The summed E-state index contributed by atoms with van der Waals surface area (Å²) in [7, 11) is 1.69. The van der Waals surface area contributed by atoms with Gasteiger partial charge in [-0.15, -0.1) is 0 Å². The minimum Gasteiger partial charge on any atom is -0.508 e. The first kappa shape index (κ1) is 13.6. The van der Waals surface area contributed by atoms with Crippen LogP contribution in [0.15, 0.2) is 48.5 Å². The van der Waals surface area contributed by atoms with Crippen LogP contribution in [0.2, 0.25) is 0 Å². The van der Waals surface area contributed by atoms with Crippen LogP contribution in [-0.2, 0) is 6.54 Å². The fourth-order valence-electron chi connectivity index (χ4n) is 1.94. The molecule has 0 fully saturated rings. The predicted molar refractivity (Wildman–Crippen MR) is 75.1 cm³/mol. The van der Waals surface area contributed by atoms with Crippen molar-refractivity contribution < 1.29 is 9.90 Å². The zero-order valence-corrected chi connectivity index (χ0v) is 11.1. The second-order valence-corrected chi connectivity index (χ2v) is 4.52. The SMILES string of the molecule is CN(Cc1cccc(C#N)c1)C(=O)c1cccc(O)c1. The summed E-state index contributed by atoms with van der Waals surface area (Å²) in [5.74, 6) is -0.112. The molecule has 2 aromatic rings. The van der Waals surface area contributed by atoms with Crippen molar-refractivity contribution in [1.29, 1.82) is 5.26 Å². The van der Waals surface area contributed by atoms with Gasteiger partial charge in [0.1, 0.15) is 5.75 Å². The van der Waals surface area contributed by atoms with E-state index >= 15 is 0 Å². The molecular formula is C16H14N2O2. The first-order valence-electron chi connectivity index (χ1n) is 6.13. The van der Waals surface area contributed by atoms with Crippen LogP contribution in [-0.4, -0.2) is 23.0 Å². The highest BCUT2D eigenvalue weighted by Crippen LogP contribution is 2.14. The number of aromatic hydroxyl groups is 1. The summed E-state index contributed by atoms with van der Waals surface area (Å²) in [6, 6.07) is 15.5. The van der Waals surface area contributed by atoms with Crippen LogP contribution in [0.1, 0.15) is 21.5 Å². The van der Waals surface area contributed by atoms with Gasteiger partial charge in [-0.2, -0.15) is 5.26 Å². The highest BCUT2D eigenvalue weighted by Gasteiger charge is 2.12. The fraction of sp³-hybridized carbons (Fsp3) is 0.125. The van der Waals surface area contributed by atoms with Gasteiger partial charge in [0.15, 0.2) is 0 Å². The zero-order chi connectivity index (χ0) is 14.5. The van der Waals surface area contributed by atoms with Crippen molar-refractivity contribution in [3.8, 4) is 11.8 Å². The standard InChI is InChI=1S/C16H14N2O2/c1-18(11-13-5-2-4-12(8-13)10-17)16(20)14-6-3-7-15(19)9-14/h2-9,19H,11H2,1H3. The molecule has 2 aromatic carbocycles. The Labute approximate surface area is 117 Å². The molecule has 0 atom stereocenters. The number of benzene rings is 2. The summed E-state index contributed by atoms with van der Waals surface area (Å²) >= 11 is 0. The van der Waals surface area contributed by atoms with Crippen molar-refractivity contribution in [2.75, 3.05) is 7.05 Å². The lowest BCUT2D eigenvalue weighted by Crippen LogP contribution is -2.26. The van der Waals surface area contributed by atoms with Gasteiger partial charge in [-0.1, -0.05) is 18.2 Å². The molecule has 0 saturated heterocycles. The number of hydrogen-bond acceptors (Lipinski definition) is 3. The molecule has 0 aromatic heterocycles. The molecule has 4 nitrogen and oxygen atoms in total. The van der Waals surface area contributed by atoms with Gasteiger partial charge in [-0.05, 0) is 35.9 Å². The molecule has 4 heteroatoms. The van der Waals surface area contributed by atoms with E-state index in [-0.39, 0.29) is 11.7 Å². The maximum Gasteiger partial charge on any atom is 0.254 e. The van der Waals surface area contributed by atoms with Gasteiger partial charge < -0.3 is 10.0 Å². The van der Waals surface area contributed by atoms with Gasteiger partial charge in [-0.25, -0.2) is 0 Å². The summed E-state index contributed by atoms with van der Waals surface area (Å²) in [6.45, 7) is 0.407. The predicted octanol–water partition coefficient (Wildman–Crippen LogP) is 2.54. The van der Waals surface area contributed by atoms with E-state index in [4.69, 9.17) is 5.26 Å². The molecule has 0 radical (unpaired) electrons. The molecule has 0 bridgehead atoms. The van der Waals surface area contributed by atoms with Crippen LogP contribution in [0.3, 0.4) is 0 Å². The van der Waals surface area contributed by atoms with Crippen molar-refractivity contribution in [1.82, 2.24) is 4.90 Å². The first-order valence-corrected chi connectivity index (χ1v) is 6.13. The van der Waals surface area contributed by atoms with Crippen LogP contribution in [0.4, 0.5) is 0 Å². The van der Waals surface area contributed by atoms with Crippen LogP contribution < -0.4 is 0 Å². The van der Waals surface area contributed by atoms with E-state index in [9.17, 15) is 9.90 Å². The molecule has 0 aliphatic carbocycles. The number of carbonyl (C=O) groups is 1. The van der Waals surface area contributed by atoms with Crippen LogP contribution in [0.5, 0.6) is 5.75 Å². The summed E-state index contributed by atoms with van der Waals surface area (Å²) < 4.78 is 0. The maximum atomic E-state index is 12.2. The van der Waals surface area contributed by atoms with Gasteiger partial charge in [0.05, 0.1) is 11.6 Å². The average Bonchev–Trinajstić information content (AvgIpc) is 2.46. The fourth-order valence-corrected chi connectivity index (χ4v) is 1.94. The first-order chi connectivity index (χ1) is 9.60. The van der Waals surface area contributed by atoms with E-state index in [0.717, 1.165) is 5.56 Å². The Morgan fingerprint density at radius 1 is 1.25 bits per heavy atom. The van der Waals surface area contributed by atoms with Gasteiger partial charge in [0.2, 0.25) is 0 Å². The number of nitrogens with zero attached hydrogens (tertiary/aromatic N) is 2. The zero-order valence-electron chi connectivity index (χ0n) is 11.1. The number of hydrogen-bond donors (Lipinski definition) is 1. The van der Waals surface area contributed by atoms with Crippen molar-refractivity contribution in [2.45, 2.75) is 6.54 Å². The normalized spacial score (nSPS) is 9.80. The third kappa shape index (κ3) is 3.15. The lowest BCUT2D eigenvalue weighted by Gasteiger charge is -2.17. The van der Waals surface area contributed by atoms with Gasteiger partial charge in [0, 0.05) is 19.2 Å². The number of carbonyl (C=O) groups excluding carboxylic acids is 1. The Bertz CT molecular complexity index is 674. The molecule has 2 rings (SSSR count). The third-order valence-corrected chi connectivity index (χ3v) is 2.92. The lowest BCUT2D eigenvalue weighted by atomic mass is 10.1. The molecule has 1 N–H and O–H groups in total. The largest absolute Gasteiger partial charge is 0.508 e. The molecule has 0 heterocycles. The van der Waals surface area contributed by atoms with Gasteiger partial charge in [-0.3, -0.25) is 4.79 Å². The minimum absolute atomic E-state index is 0.0655. The molecule has 20 heavy (non-hydrogen) atoms. The van der Waals surface area contributed by atoms with Gasteiger partial charge in [0.25, 0.3) is 5.91 Å². The Morgan fingerprint density at radius 2 is 2.00 bits per heavy atom. The number of phenols is 1. The Balaban J connectivity index is 2.13. The molecule has 0 spiro atoms. The second-order valence-electron chi connectivity index (χ2n) is 4.52. The van der Waals surface area contributed by atoms with E-state index in [1.54, 1.807) is 42.3 Å². The molecule has 0 aliphatic rings. The van der Waals surface area contributed by atoms with Crippen LogP contribution >= 0.6 is 0 Å². The number of rotatable bonds is 3. The molecule has 0 aliphatic heterocycles. The molecule has 0 unspecified atom stereocenters. The summed E-state index contributed by atoms with van der Waals surface area (Å²) in [5, 5.41) is 18.3. The molecule has 1 amide bonds. The van der Waals surface area contributed by atoms with E-state index in [1.165, 1.54) is 12.1 Å². The highest BCUT2D eigenvalue weighted by atomic mass is 16.3. The number of amides is 1. The van der Waals surface area contributed by atoms with E-state index in [1.807, 2.05) is 6.07 Å². The van der Waals surface area contributed by atoms with Crippen LogP contribution in [0, 0.1) is 11.3 Å². The second kappa shape index (κ2) is 5.89. The lowest BCUT2D eigenvalue weighted by molar-refractivity contribution is 0.0784. The summed E-state index contributed by atoms with van der Waals surface area (Å²) in [4.78, 5) is 13.8. The molecular weight excluding hydrogens is 252 g/mol. The van der Waals surface area contributed by atoms with E-state index in [2.05, 4.69) is 6.07 Å². The summed E-state index contributed by atoms with van der Waals surface area (Å²) in [6.07, 6.45) is 0. The van der Waals surface area contributed by atoms with Crippen molar-refractivity contribution in [3.63, 3.8) is 0 Å². The minimum atomic E-state index is -0.178.